The smallest absolute Gasteiger partial charge is 0.148 e. The minimum absolute atomic E-state index is 0.392. The number of benzene rings is 1. The molecular formula is C16H20N4. The summed E-state index contributed by atoms with van der Waals surface area (Å²) in [4.78, 5) is 0. The Labute approximate surface area is 119 Å². The predicted octanol–water partition coefficient (Wildman–Crippen LogP) is 3.57. The van der Waals surface area contributed by atoms with Crippen LogP contribution in [0.1, 0.15) is 25.6 Å². The lowest BCUT2D eigenvalue weighted by atomic mass is 10.2. The Morgan fingerprint density at radius 1 is 1.20 bits per heavy atom. The minimum atomic E-state index is 0.392. The van der Waals surface area contributed by atoms with E-state index in [2.05, 4.69) is 66.2 Å². The number of fused-ring (bicyclic) bond motifs is 1. The van der Waals surface area contributed by atoms with Crippen LogP contribution < -0.4 is 5.32 Å². The predicted molar refractivity (Wildman–Crippen MR) is 82.9 cm³/mol. The first kappa shape index (κ1) is 12.8. The van der Waals surface area contributed by atoms with Crippen LogP contribution in [-0.2, 0) is 13.6 Å². The number of nitrogens with zero attached hydrogens (tertiary/aromatic N) is 3. The van der Waals surface area contributed by atoms with E-state index in [0.717, 1.165) is 12.4 Å². The van der Waals surface area contributed by atoms with E-state index in [1.165, 1.54) is 16.6 Å². The SMILES string of the molecule is CC(C)n1ccc(NCc2cc3ccccc3n2C)n1. The molecule has 0 fully saturated rings. The van der Waals surface area contributed by atoms with Crippen molar-refractivity contribution in [1.29, 1.82) is 0 Å². The van der Waals surface area contributed by atoms with Crippen LogP contribution in [0.4, 0.5) is 5.82 Å². The summed E-state index contributed by atoms with van der Waals surface area (Å²) in [6, 6.07) is 13.1. The van der Waals surface area contributed by atoms with Crippen LogP contribution in [0.5, 0.6) is 0 Å². The molecule has 2 heterocycles. The second-order valence-electron chi connectivity index (χ2n) is 5.38. The molecule has 0 unspecified atom stereocenters. The molecule has 0 bridgehead atoms. The number of aromatic nitrogens is 3. The van der Waals surface area contributed by atoms with Gasteiger partial charge in [0.25, 0.3) is 0 Å². The zero-order valence-electron chi connectivity index (χ0n) is 12.2. The van der Waals surface area contributed by atoms with Gasteiger partial charge in [0.1, 0.15) is 5.82 Å². The molecule has 104 valence electrons. The van der Waals surface area contributed by atoms with Crippen molar-refractivity contribution in [1.82, 2.24) is 14.3 Å². The summed E-state index contributed by atoms with van der Waals surface area (Å²) in [6.07, 6.45) is 2.01. The van der Waals surface area contributed by atoms with E-state index in [4.69, 9.17) is 0 Å². The van der Waals surface area contributed by atoms with Crippen LogP contribution in [0.2, 0.25) is 0 Å². The first-order valence-corrected chi connectivity index (χ1v) is 6.97. The molecule has 20 heavy (non-hydrogen) atoms. The van der Waals surface area contributed by atoms with Gasteiger partial charge in [0.05, 0.1) is 6.54 Å². The third kappa shape index (κ3) is 2.29. The molecule has 3 aromatic rings. The van der Waals surface area contributed by atoms with Gasteiger partial charge in [-0.25, -0.2) is 0 Å². The molecule has 0 amide bonds. The highest BCUT2D eigenvalue weighted by atomic mass is 15.3. The average Bonchev–Trinajstić information content (AvgIpc) is 3.03. The van der Waals surface area contributed by atoms with Crippen LogP contribution in [0.25, 0.3) is 10.9 Å². The molecule has 0 aliphatic carbocycles. The average molecular weight is 268 g/mol. The Balaban J connectivity index is 1.77. The summed E-state index contributed by atoms with van der Waals surface area (Å²) in [7, 11) is 2.10. The van der Waals surface area contributed by atoms with E-state index in [1.54, 1.807) is 0 Å². The van der Waals surface area contributed by atoms with Crippen LogP contribution in [0.15, 0.2) is 42.6 Å². The van der Waals surface area contributed by atoms with E-state index in [0.29, 0.717) is 6.04 Å². The van der Waals surface area contributed by atoms with E-state index in [1.807, 2.05) is 16.9 Å². The molecule has 1 N–H and O–H groups in total. The lowest BCUT2D eigenvalue weighted by Gasteiger charge is -2.06. The maximum absolute atomic E-state index is 4.50. The van der Waals surface area contributed by atoms with Crippen LogP contribution >= 0.6 is 0 Å². The van der Waals surface area contributed by atoms with Gasteiger partial charge >= 0.3 is 0 Å². The second-order valence-corrected chi connectivity index (χ2v) is 5.38. The third-order valence-corrected chi connectivity index (χ3v) is 3.64. The highest BCUT2D eigenvalue weighted by molar-refractivity contribution is 5.81. The minimum Gasteiger partial charge on any atom is -0.363 e. The fourth-order valence-corrected chi connectivity index (χ4v) is 2.42. The number of para-hydroxylation sites is 1. The Morgan fingerprint density at radius 2 is 2.00 bits per heavy atom. The summed E-state index contributed by atoms with van der Waals surface area (Å²) in [6.45, 7) is 5.03. The van der Waals surface area contributed by atoms with E-state index in [-0.39, 0.29) is 0 Å². The Morgan fingerprint density at radius 3 is 2.70 bits per heavy atom. The zero-order valence-corrected chi connectivity index (χ0v) is 12.2. The van der Waals surface area contributed by atoms with E-state index >= 15 is 0 Å². The van der Waals surface area contributed by atoms with Gasteiger partial charge in [0.15, 0.2) is 0 Å². The molecule has 4 nitrogen and oxygen atoms in total. The van der Waals surface area contributed by atoms with Gasteiger partial charge < -0.3 is 9.88 Å². The van der Waals surface area contributed by atoms with Crippen LogP contribution in [0, 0.1) is 0 Å². The number of rotatable bonds is 4. The second kappa shape index (κ2) is 5.04. The maximum Gasteiger partial charge on any atom is 0.148 e. The largest absolute Gasteiger partial charge is 0.363 e. The molecule has 1 aromatic carbocycles. The summed E-state index contributed by atoms with van der Waals surface area (Å²) >= 11 is 0. The summed E-state index contributed by atoms with van der Waals surface area (Å²) < 4.78 is 4.19. The molecule has 0 aliphatic rings. The number of hydrogen-bond acceptors (Lipinski definition) is 2. The molecule has 0 saturated carbocycles. The van der Waals surface area contributed by atoms with Crippen molar-refractivity contribution in [2.24, 2.45) is 7.05 Å². The van der Waals surface area contributed by atoms with Crippen molar-refractivity contribution in [3.8, 4) is 0 Å². The van der Waals surface area contributed by atoms with Crippen molar-refractivity contribution in [2.75, 3.05) is 5.32 Å². The molecule has 3 rings (SSSR count). The molecule has 0 aliphatic heterocycles. The molecule has 0 radical (unpaired) electrons. The summed E-state index contributed by atoms with van der Waals surface area (Å²) in [5.74, 6) is 0.920. The van der Waals surface area contributed by atoms with Gasteiger partial charge in [0.2, 0.25) is 0 Å². The van der Waals surface area contributed by atoms with Gasteiger partial charge in [-0.3, -0.25) is 4.68 Å². The molecule has 0 spiro atoms. The molecule has 0 saturated heterocycles. The van der Waals surface area contributed by atoms with E-state index in [9.17, 15) is 0 Å². The molecule has 4 heteroatoms. The van der Waals surface area contributed by atoms with Crippen LogP contribution in [0.3, 0.4) is 0 Å². The van der Waals surface area contributed by atoms with Crippen molar-refractivity contribution in [3.63, 3.8) is 0 Å². The van der Waals surface area contributed by atoms with Crippen molar-refractivity contribution in [3.05, 3.63) is 48.3 Å². The standard InChI is InChI=1S/C16H20N4/c1-12(2)20-9-8-16(18-20)17-11-14-10-13-6-4-5-7-15(13)19(14)3/h4-10,12H,11H2,1-3H3,(H,17,18). The van der Waals surface area contributed by atoms with Gasteiger partial charge in [-0.05, 0) is 31.4 Å². The Kier molecular flexibility index (Phi) is 3.22. The number of anilines is 1. The van der Waals surface area contributed by atoms with Crippen molar-refractivity contribution >= 4 is 16.7 Å². The van der Waals surface area contributed by atoms with Crippen molar-refractivity contribution < 1.29 is 0 Å². The van der Waals surface area contributed by atoms with Gasteiger partial charge in [-0.15, -0.1) is 0 Å². The molecule has 0 atom stereocenters. The normalized spacial score (nSPS) is 11.4. The zero-order chi connectivity index (χ0) is 14.1. The topological polar surface area (TPSA) is 34.8 Å². The summed E-state index contributed by atoms with van der Waals surface area (Å²) in [5, 5.41) is 9.17. The quantitative estimate of drug-likeness (QED) is 0.785. The lowest BCUT2D eigenvalue weighted by Crippen LogP contribution is -2.06. The highest BCUT2D eigenvalue weighted by Crippen LogP contribution is 2.19. The third-order valence-electron chi connectivity index (χ3n) is 3.64. The highest BCUT2D eigenvalue weighted by Gasteiger charge is 2.06. The fourth-order valence-electron chi connectivity index (χ4n) is 2.42. The first-order chi connectivity index (χ1) is 9.65. The van der Waals surface area contributed by atoms with Crippen molar-refractivity contribution in [2.45, 2.75) is 26.4 Å². The fraction of sp³-hybridized carbons (Fsp3) is 0.312. The molecule has 2 aromatic heterocycles. The number of nitrogens with one attached hydrogen (secondary N) is 1. The first-order valence-electron chi connectivity index (χ1n) is 6.97. The lowest BCUT2D eigenvalue weighted by molar-refractivity contribution is 0.533. The van der Waals surface area contributed by atoms with Gasteiger partial charge in [0, 0.05) is 36.6 Å². The maximum atomic E-state index is 4.50. The Bertz CT molecular complexity index is 721. The number of hydrogen-bond donors (Lipinski definition) is 1. The number of aryl methyl sites for hydroxylation is 1. The van der Waals surface area contributed by atoms with E-state index < -0.39 is 0 Å². The monoisotopic (exact) mass is 268 g/mol. The van der Waals surface area contributed by atoms with Crippen LogP contribution in [-0.4, -0.2) is 14.3 Å². The van der Waals surface area contributed by atoms with Gasteiger partial charge in [-0.2, -0.15) is 5.10 Å². The summed E-state index contributed by atoms with van der Waals surface area (Å²) in [5.41, 5.74) is 2.52. The Hall–Kier alpha value is -2.23. The molecular weight excluding hydrogens is 248 g/mol. The van der Waals surface area contributed by atoms with Gasteiger partial charge in [-0.1, -0.05) is 18.2 Å².